The molecule has 0 atom stereocenters. The molecule has 0 saturated heterocycles. The lowest BCUT2D eigenvalue weighted by molar-refractivity contribution is -0.147. The first-order valence-corrected chi connectivity index (χ1v) is 5.56. The van der Waals surface area contributed by atoms with Gasteiger partial charge < -0.3 is 9.84 Å². The Hall–Kier alpha value is -1.22. The summed E-state index contributed by atoms with van der Waals surface area (Å²) in [6.45, 7) is 0. The Morgan fingerprint density at radius 3 is 2.62 bits per heavy atom. The molecule has 86 valence electrons. The predicted octanol–water partition coefficient (Wildman–Crippen LogP) is 2.85. The lowest BCUT2D eigenvalue weighted by atomic mass is 9.64. The third-order valence-electron chi connectivity index (χ3n) is 3.29. The largest absolute Gasteiger partial charge is 0.496 e. The van der Waals surface area contributed by atoms with E-state index in [2.05, 4.69) is 0 Å². The molecule has 0 bridgehead atoms. The minimum Gasteiger partial charge on any atom is -0.496 e. The van der Waals surface area contributed by atoms with Gasteiger partial charge in [-0.2, -0.15) is 0 Å². The molecular formula is C12H13ClO3. The highest BCUT2D eigenvalue weighted by Gasteiger charge is 2.48. The average molecular weight is 241 g/mol. The lowest BCUT2D eigenvalue weighted by Crippen LogP contribution is -2.42. The van der Waals surface area contributed by atoms with Crippen molar-refractivity contribution in [2.24, 2.45) is 0 Å². The SMILES string of the molecule is COc1cccc(Cl)c1C1(C(=O)O)CCC1. The van der Waals surface area contributed by atoms with Gasteiger partial charge >= 0.3 is 5.97 Å². The summed E-state index contributed by atoms with van der Waals surface area (Å²) in [7, 11) is 1.53. The molecule has 1 N–H and O–H groups in total. The fraction of sp³-hybridized carbons (Fsp3) is 0.417. The Morgan fingerprint density at radius 2 is 2.19 bits per heavy atom. The van der Waals surface area contributed by atoms with Crippen molar-refractivity contribution >= 4 is 17.6 Å². The summed E-state index contributed by atoms with van der Waals surface area (Å²) in [4.78, 5) is 11.4. The molecule has 1 saturated carbocycles. The summed E-state index contributed by atoms with van der Waals surface area (Å²) in [5, 5.41) is 9.84. The number of aliphatic carboxylic acids is 1. The molecule has 3 nitrogen and oxygen atoms in total. The van der Waals surface area contributed by atoms with Gasteiger partial charge in [0, 0.05) is 10.6 Å². The van der Waals surface area contributed by atoms with Crippen molar-refractivity contribution < 1.29 is 14.6 Å². The van der Waals surface area contributed by atoms with E-state index < -0.39 is 11.4 Å². The normalized spacial score (nSPS) is 17.6. The van der Waals surface area contributed by atoms with Crippen LogP contribution in [0, 0.1) is 0 Å². The van der Waals surface area contributed by atoms with Crippen molar-refractivity contribution in [1.82, 2.24) is 0 Å². The highest BCUT2D eigenvalue weighted by molar-refractivity contribution is 6.32. The molecule has 1 aliphatic carbocycles. The number of halogens is 1. The van der Waals surface area contributed by atoms with Crippen LogP contribution >= 0.6 is 11.6 Å². The summed E-state index contributed by atoms with van der Waals surface area (Å²) >= 11 is 6.11. The van der Waals surface area contributed by atoms with Crippen LogP contribution in [0.25, 0.3) is 0 Å². The number of hydrogen-bond acceptors (Lipinski definition) is 2. The first-order chi connectivity index (χ1) is 7.62. The van der Waals surface area contributed by atoms with Crippen LogP contribution in [0.5, 0.6) is 5.75 Å². The highest BCUT2D eigenvalue weighted by atomic mass is 35.5. The zero-order valence-corrected chi connectivity index (χ0v) is 9.75. The van der Waals surface area contributed by atoms with Crippen LogP contribution in [0.3, 0.4) is 0 Å². The zero-order chi connectivity index (χ0) is 11.8. The monoisotopic (exact) mass is 240 g/mol. The standard InChI is InChI=1S/C12H13ClO3/c1-16-9-5-2-4-8(13)10(9)12(11(14)15)6-3-7-12/h2,4-5H,3,6-7H2,1H3,(H,14,15). The molecule has 2 rings (SSSR count). The molecule has 0 aliphatic heterocycles. The fourth-order valence-electron chi connectivity index (χ4n) is 2.24. The Kier molecular flexibility index (Phi) is 2.80. The maximum Gasteiger partial charge on any atom is 0.314 e. The molecule has 0 unspecified atom stereocenters. The van der Waals surface area contributed by atoms with E-state index >= 15 is 0 Å². The number of ether oxygens (including phenoxy) is 1. The Balaban J connectivity index is 2.57. The van der Waals surface area contributed by atoms with Crippen molar-refractivity contribution in [3.63, 3.8) is 0 Å². The molecule has 0 heterocycles. The van der Waals surface area contributed by atoms with E-state index in [0.29, 0.717) is 29.2 Å². The number of hydrogen-bond donors (Lipinski definition) is 1. The van der Waals surface area contributed by atoms with Gasteiger partial charge in [-0.25, -0.2) is 0 Å². The van der Waals surface area contributed by atoms with Gasteiger partial charge in [-0.05, 0) is 25.0 Å². The van der Waals surface area contributed by atoms with Crippen molar-refractivity contribution in [3.8, 4) is 5.75 Å². The highest BCUT2D eigenvalue weighted by Crippen LogP contribution is 2.49. The molecular weight excluding hydrogens is 228 g/mol. The molecule has 1 aliphatic rings. The molecule has 0 radical (unpaired) electrons. The van der Waals surface area contributed by atoms with Gasteiger partial charge in [-0.3, -0.25) is 4.79 Å². The number of benzene rings is 1. The van der Waals surface area contributed by atoms with Crippen molar-refractivity contribution in [2.75, 3.05) is 7.11 Å². The maximum atomic E-state index is 11.4. The van der Waals surface area contributed by atoms with Gasteiger partial charge in [0.25, 0.3) is 0 Å². The Labute approximate surface area is 99.0 Å². The van der Waals surface area contributed by atoms with E-state index in [1.54, 1.807) is 18.2 Å². The van der Waals surface area contributed by atoms with Crippen molar-refractivity contribution in [3.05, 3.63) is 28.8 Å². The van der Waals surface area contributed by atoms with Gasteiger partial charge in [0.2, 0.25) is 0 Å². The van der Waals surface area contributed by atoms with E-state index in [1.807, 2.05) is 0 Å². The average Bonchev–Trinajstić information content (AvgIpc) is 2.18. The summed E-state index contributed by atoms with van der Waals surface area (Å²) < 4.78 is 5.21. The van der Waals surface area contributed by atoms with Gasteiger partial charge in [0.05, 0.1) is 12.5 Å². The van der Waals surface area contributed by atoms with Crippen molar-refractivity contribution in [1.29, 1.82) is 0 Å². The third-order valence-corrected chi connectivity index (χ3v) is 3.61. The number of carbonyl (C=O) groups is 1. The quantitative estimate of drug-likeness (QED) is 0.884. The first-order valence-electron chi connectivity index (χ1n) is 5.18. The van der Waals surface area contributed by atoms with Crippen LogP contribution in [-0.4, -0.2) is 18.2 Å². The maximum absolute atomic E-state index is 11.4. The molecule has 0 amide bonds. The van der Waals surface area contributed by atoms with Gasteiger partial charge in [0.15, 0.2) is 0 Å². The number of carboxylic acid groups (broad SMARTS) is 1. The number of rotatable bonds is 3. The van der Waals surface area contributed by atoms with Crippen LogP contribution in [0.4, 0.5) is 0 Å². The molecule has 16 heavy (non-hydrogen) atoms. The fourth-order valence-corrected chi connectivity index (χ4v) is 2.59. The summed E-state index contributed by atoms with van der Waals surface area (Å²) in [6, 6.07) is 5.23. The topological polar surface area (TPSA) is 46.5 Å². The minimum atomic E-state index is -0.844. The molecule has 0 aromatic heterocycles. The molecule has 4 heteroatoms. The first kappa shape index (κ1) is 11.3. The second-order valence-corrected chi connectivity index (χ2v) is 4.47. The Morgan fingerprint density at radius 1 is 1.50 bits per heavy atom. The Bertz CT molecular complexity index is 424. The summed E-state index contributed by atoms with van der Waals surface area (Å²) in [5.41, 5.74) is -0.220. The summed E-state index contributed by atoms with van der Waals surface area (Å²) in [6.07, 6.45) is 2.17. The molecule has 1 fully saturated rings. The predicted molar refractivity (Wildman–Crippen MR) is 61.2 cm³/mol. The van der Waals surface area contributed by atoms with E-state index in [-0.39, 0.29) is 0 Å². The second-order valence-electron chi connectivity index (χ2n) is 4.06. The van der Waals surface area contributed by atoms with Crippen LogP contribution < -0.4 is 4.74 Å². The van der Waals surface area contributed by atoms with Crippen molar-refractivity contribution in [2.45, 2.75) is 24.7 Å². The summed E-state index contributed by atoms with van der Waals surface area (Å²) in [5.74, 6) is -0.250. The van der Waals surface area contributed by atoms with E-state index in [9.17, 15) is 9.90 Å². The van der Waals surface area contributed by atoms with E-state index in [1.165, 1.54) is 7.11 Å². The molecule has 1 aromatic carbocycles. The number of carboxylic acids is 1. The van der Waals surface area contributed by atoms with E-state index in [4.69, 9.17) is 16.3 Å². The van der Waals surface area contributed by atoms with E-state index in [0.717, 1.165) is 6.42 Å². The third kappa shape index (κ3) is 1.47. The van der Waals surface area contributed by atoms with Crippen LogP contribution in [0.1, 0.15) is 24.8 Å². The van der Waals surface area contributed by atoms with Crippen LogP contribution in [0.2, 0.25) is 5.02 Å². The molecule has 1 aromatic rings. The van der Waals surface area contributed by atoms with Gasteiger partial charge in [0.1, 0.15) is 5.75 Å². The zero-order valence-electron chi connectivity index (χ0n) is 9.00. The molecule has 0 spiro atoms. The van der Waals surface area contributed by atoms with Crippen LogP contribution in [-0.2, 0) is 10.2 Å². The minimum absolute atomic E-state index is 0.474. The lowest BCUT2D eigenvalue weighted by Gasteiger charge is -2.39. The van der Waals surface area contributed by atoms with Gasteiger partial charge in [-0.1, -0.05) is 24.1 Å². The smallest absolute Gasteiger partial charge is 0.314 e. The second kappa shape index (κ2) is 3.98. The van der Waals surface area contributed by atoms with Crippen LogP contribution in [0.15, 0.2) is 18.2 Å². The van der Waals surface area contributed by atoms with Gasteiger partial charge in [-0.15, -0.1) is 0 Å². The number of methoxy groups -OCH3 is 1.